The molecule has 1 saturated heterocycles. The highest BCUT2D eigenvalue weighted by Crippen LogP contribution is 2.19. The second-order valence-electron chi connectivity index (χ2n) is 4.14. The third-order valence-electron chi connectivity index (χ3n) is 2.71. The van der Waals surface area contributed by atoms with Crippen molar-refractivity contribution in [3.8, 4) is 6.01 Å². The van der Waals surface area contributed by atoms with Crippen LogP contribution in [0.4, 0.5) is 5.95 Å². The lowest BCUT2D eigenvalue weighted by Gasteiger charge is -2.34. The van der Waals surface area contributed by atoms with Crippen LogP contribution >= 0.6 is 11.6 Å². The van der Waals surface area contributed by atoms with Gasteiger partial charge in [-0.3, -0.25) is 0 Å². The molecule has 1 aliphatic rings. The van der Waals surface area contributed by atoms with E-state index in [1.807, 2.05) is 11.8 Å². The molecule has 2 rings (SSSR count). The van der Waals surface area contributed by atoms with Gasteiger partial charge in [0.15, 0.2) is 0 Å². The average molecular weight is 289 g/mol. The van der Waals surface area contributed by atoms with Gasteiger partial charge in [-0.2, -0.15) is 15.0 Å². The first-order chi connectivity index (χ1) is 9.24. The number of aliphatic hydroxyl groups is 1. The van der Waals surface area contributed by atoms with Crippen LogP contribution in [0.3, 0.4) is 0 Å². The van der Waals surface area contributed by atoms with Crippen LogP contribution in [0.2, 0.25) is 5.28 Å². The Balaban J connectivity index is 2.19. The van der Waals surface area contributed by atoms with E-state index < -0.39 is 0 Å². The van der Waals surface area contributed by atoms with E-state index in [0.29, 0.717) is 32.3 Å². The lowest BCUT2D eigenvalue weighted by atomic mass is 10.2. The summed E-state index contributed by atoms with van der Waals surface area (Å²) in [6, 6.07) is 0.0336. The van der Waals surface area contributed by atoms with Crippen molar-refractivity contribution in [1.29, 1.82) is 0 Å². The fourth-order valence-electron chi connectivity index (χ4n) is 1.78. The number of hydrogen-bond donors (Lipinski definition) is 1. The Kier molecular flexibility index (Phi) is 5.12. The highest BCUT2D eigenvalue weighted by atomic mass is 35.5. The highest BCUT2D eigenvalue weighted by Gasteiger charge is 2.25. The first-order valence-electron chi connectivity index (χ1n) is 6.24. The number of ether oxygens (including phenoxy) is 2. The second-order valence-corrected chi connectivity index (χ2v) is 4.48. The molecule has 0 bridgehead atoms. The Hall–Kier alpha value is -1.18. The summed E-state index contributed by atoms with van der Waals surface area (Å²) in [7, 11) is 0. The van der Waals surface area contributed by atoms with E-state index in [1.54, 1.807) is 0 Å². The monoisotopic (exact) mass is 288 g/mol. The molecule has 1 aromatic heterocycles. The topological polar surface area (TPSA) is 80.6 Å². The Labute approximate surface area is 116 Å². The molecular formula is C11H17ClN4O3. The maximum Gasteiger partial charge on any atom is 0.322 e. The molecule has 1 N–H and O–H groups in total. The summed E-state index contributed by atoms with van der Waals surface area (Å²) in [5, 5.41) is 9.43. The molecule has 1 unspecified atom stereocenters. The Morgan fingerprint density at radius 1 is 1.47 bits per heavy atom. The molecule has 106 valence electrons. The molecular weight excluding hydrogens is 272 g/mol. The number of aromatic nitrogens is 3. The molecule has 1 fully saturated rings. The normalized spacial score (nSPS) is 19.5. The minimum Gasteiger partial charge on any atom is -0.463 e. The molecule has 0 aromatic carbocycles. The minimum absolute atomic E-state index is 0.0333. The van der Waals surface area contributed by atoms with Crippen LogP contribution in [0.15, 0.2) is 0 Å². The first kappa shape index (κ1) is 14.2. The molecule has 1 atom stereocenters. The highest BCUT2D eigenvalue weighted by molar-refractivity contribution is 6.28. The molecule has 2 heterocycles. The van der Waals surface area contributed by atoms with Crippen LogP contribution in [0.25, 0.3) is 0 Å². The lowest BCUT2D eigenvalue weighted by Crippen LogP contribution is -2.48. The predicted molar refractivity (Wildman–Crippen MR) is 69.7 cm³/mol. The van der Waals surface area contributed by atoms with Crippen LogP contribution < -0.4 is 9.64 Å². The Morgan fingerprint density at radius 2 is 2.32 bits per heavy atom. The van der Waals surface area contributed by atoms with Gasteiger partial charge in [0.1, 0.15) is 0 Å². The molecule has 1 aliphatic heterocycles. The molecule has 0 amide bonds. The van der Waals surface area contributed by atoms with Gasteiger partial charge >= 0.3 is 6.01 Å². The van der Waals surface area contributed by atoms with Gasteiger partial charge in [0.05, 0.1) is 32.5 Å². The van der Waals surface area contributed by atoms with Gasteiger partial charge < -0.3 is 19.5 Å². The predicted octanol–water partition coefficient (Wildman–Crippen LogP) is 0.511. The molecule has 19 heavy (non-hydrogen) atoms. The van der Waals surface area contributed by atoms with Crippen molar-refractivity contribution in [2.45, 2.75) is 19.4 Å². The molecule has 1 aromatic rings. The quantitative estimate of drug-likeness (QED) is 0.845. The van der Waals surface area contributed by atoms with Crippen molar-refractivity contribution in [2.75, 3.05) is 37.9 Å². The Morgan fingerprint density at radius 3 is 3.05 bits per heavy atom. The van der Waals surface area contributed by atoms with Crippen LogP contribution in [-0.2, 0) is 4.74 Å². The zero-order chi connectivity index (χ0) is 13.7. The second kappa shape index (κ2) is 6.83. The van der Waals surface area contributed by atoms with Gasteiger partial charge in [-0.15, -0.1) is 0 Å². The smallest absolute Gasteiger partial charge is 0.322 e. The summed E-state index contributed by atoms with van der Waals surface area (Å²) in [4.78, 5) is 14.1. The third-order valence-corrected chi connectivity index (χ3v) is 2.88. The van der Waals surface area contributed by atoms with E-state index in [1.165, 1.54) is 0 Å². The maximum atomic E-state index is 9.35. The van der Waals surface area contributed by atoms with Gasteiger partial charge in [0.25, 0.3) is 0 Å². The molecule has 0 spiro atoms. The van der Waals surface area contributed by atoms with Crippen molar-refractivity contribution in [3.63, 3.8) is 0 Å². The van der Waals surface area contributed by atoms with Crippen LogP contribution in [0.5, 0.6) is 6.01 Å². The van der Waals surface area contributed by atoms with Gasteiger partial charge in [-0.25, -0.2) is 0 Å². The largest absolute Gasteiger partial charge is 0.463 e. The summed E-state index contributed by atoms with van der Waals surface area (Å²) >= 11 is 5.88. The van der Waals surface area contributed by atoms with E-state index in [-0.39, 0.29) is 23.9 Å². The number of rotatable bonds is 5. The fourth-order valence-corrected chi connectivity index (χ4v) is 1.93. The first-order valence-corrected chi connectivity index (χ1v) is 6.62. The number of halogens is 1. The fraction of sp³-hybridized carbons (Fsp3) is 0.727. The average Bonchev–Trinajstić information content (AvgIpc) is 2.44. The third kappa shape index (κ3) is 3.65. The number of anilines is 1. The number of hydrogen-bond acceptors (Lipinski definition) is 7. The summed E-state index contributed by atoms with van der Waals surface area (Å²) in [6.45, 7) is 4.07. The molecule has 0 saturated carbocycles. The number of nitrogens with zero attached hydrogens (tertiary/aromatic N) is 4. The molecule has 0 radical (unpaired) electrons. The van der Waals surface area contributed by atoms with E-state index in [4.69, 9.17) is 21.1 Å². The molecule has 0 aliphatic carbocycles. The van der Waals surface area contributed by atoms with Crippen molar-refractivity contribution < 1.29 is 14.6 Å². The van der Waals surface area contributed by atoms with Crippen LogP contribution in [0.1, 0.15) is 13.3 Å². The van der Waals surface area contributed by atoms with E-state index >= 15 is 0 Å². The van der Waals surface area contributed by atoms with Crippen molar-refractivity contribution in [1.82, 2.24) is 15.0 Å². The standard InChI is InChI=1S/C11H17ClN4O3/c1-2-4-19-11-14-9(12)13-10(15-11)16-3-5-18-7-8(16)6-17/h8,17H,2-7H2,1H3. The van der Waals surface area contributed by atoms with Crippen molar-refractivity contribution >= 4 is 17.5 Å². The van der Waals surface area contributed by atoms with Crippen LogP contribution in [0, 0.1) is 0 Å². The summed E-state index contributed by atoms with van der Waals surface area (Å²) in [6.07, 6.45) is 0.857. The summed E-state index contributed by atoms with van der Waals surface area (Å²) in [5.74, 6) is 0.411. The Bertz CT molecular complexity index is 421. The zero-order valence-corrected chi connectivity index (χ0v) is 11.5. The number of aliphatic hydroxyl groups excluding tert-OH is 1. The van der Waals surface area contributed by atoms with Crippen LogP contribution in [-0.4, -0.2) is 59.1 Å². The van der Waals surface area contributed by atoms with Gasteiger partial charge in [-0.05, 0) is 18.0 Å². The minimum atomic E-state index is -0.175. The van der Waals surface area contributed by atoms with E-state index in [2.05, 4.69) is 15.0 Å². The lowest BCUT2D eigenvalue weighted by molar-refractivity contribution is 0.0717. The van der Waals surface area contributed by atoms with E-state index in [9.17, 15) is 5.11 Å². The van der Waals surface area contributed by atoms with Gasteiger partial charge in [0.2, 0.25) is 11.2 Å². The summed E-state index contributed by atoms with van der Waals surface area (Å²) in [5.41, 5.74) is 0. The van der Waals surface area contributed by atoms with Gasteiger partial charge in [0, 0.05) is 6.54 Å². The van der Waals surface area contributed by atoms with E-state index in [0.717, 1.165) is 6.42 Å². The van der Waals surface area contributed by atoms with Crippen molar-refractivity contribution in [3.05, 3.63) is 5.28 Å². The van der Waals surface area contributed by atoms with Gasteiger partial charge in [-0.1, -0.05) is 6.92 Å². The molecule has 8 heteroatoms. The summed E-state index contributed by atoms with van der Waals surface area (Å²) < 4.78 is 10.7. The maximum absolute atomic E-state index is 9.35. The molecule has 7 nitrogen and oxygen atoms in total. The SMILES string of the molecule is CCCOc1nc(Cl)nc(N2CCOCC2CO)n1. The number of morpholine rings is 1. The zero-order valence-electron chi connectivity index (χ0n) is 10.8. The van der Waals surface area contributed by atoms with Crippen molar-refractivity contribution in [2.24, 2.45) is 0 Å².